The molecule has 2 saturated heterocycles. The summed E-state index contributed by atoms with van der Waals surface area (Å²) < 4.78 is 38.2. The Hall–Kier alpha value is -3.36. The molecule has 2 aliphatic rings. The average Bonchev–Trinajstić information content (AvgIpc) is 2.88. The molecule has 2 aromatic rings. The predicted molar refractivity (Wildman–Crippen MR) is 124 cm³/mol. The van der Waals surface area contributed by atoms with Gasteiger partial charge >= 0.3 is 6.18 Å². The van der Waals surface area contributed by atoms with Crippen molar-refractivity contribution in [2.45, 2.75) is 37.9 Å². The molecule has 6 nitrogen and oxygen atoms in total. The molecule has 1 N–H and O–H groups in total. The predicted octanol–water partition coefficient (Wildman–Crippen LogP) is 3.98. The topological polar surface area (TPSA) is 69.7 Å². The molecule has 0 unspecified atom stereocenters. The van der Waals surface area contributed by atoms with Crippen molar-refractivity contribution in [1.29, 1.82) is 0 Å². The molecule has 186 valence electrons. The Morgan fingerprint density at radius 1 is 0.743 bits per heavy atom. The quantitative estimate of drug-likeness (QED) is 0.710. The van der Waals surface area contributed by atoms with Crippen LogP contribution in [0.4, 0.5) is 13.2 Å². The standard InChI is InChI=1S/C26H28F3N3O3/c27-26(28,29)21-8-6-19(7-9-21)24(34)31-14-10-20(11-15-31)25(35)32-16-12-22(13-17-32)30-23(33)18-4-2-1-3-5-18/h1-9,20,22H,10-17H2,(H,30,33). The number of nitrogens with one attached hydrogen (secondary N) is 1. The molecule has 2 aliphatic heterocycles. The first-order chi connectivity index (χ1) is 16.7. The zero-order valence-electron chi connectivity index (χ0n) is 19.3. The Morgan fingerprint density at radius 2 is 1.31 bits per heavy atom. The van der Waals surface area contributed by atoms with Gasteiger partial charge in [0.05, 0.1) is 5.56 Å². The number of alkyl halides is 3. The molecule has 0 bridgehead atoms. The SMILES string of the molecule is O=C(NC1CCN(C(=O)C2CCN(C(=O)c3ccc(C(F)(F)F)cc3)CC2)CC1)c1ccccc1. The Balaban J connectivity index is 1.23. The first kappa shape index (κ1) is 24.8. The minimum absolute atomic E-state index is 0.0231. The minimum Gasteiger partial charge on any atom is -0.349 e. The molecule has 0 atom stereocenters. The van der Waals surface area contributed by atoms with Crippen LogP contribution in [0, 0.1) is 5.92 Å². The van der Waals surface area contributed by atoms with Gasteiger partial charge in [0.25, 0.3) is 11.8 Å². The smallest absolute Gasteiger partial charge is 0.349 e. The van der Waals surface area contributed by atoms with Gasteiger partial charge in [-0.3, -0.25) is 14.4 Å². The summed E-state index contributed by atoms with van der Waals surface area (Å²) in [6.45, 7) is 1.92. The zero-order chi connectivity index (χ0) is 25.0. The fourth-order valence-corrected chi connectivity index (χ4v) is 4.67. The van der Waals surface area contributed by atoms with E-state index in [-0.39, 0.29) is 35.2 Å². The van der Waals surface area contributed by atoms with Gasteiger partial charge in [-0.2, -0.15) is 13.2 Å². The summed E-state index contributed by atoms with van der Waals surface area (Å²) in [5.74, 6) is -0.540. The first-order valence-corrected chi connectivity index (χ1v) is 11.8. The third-order valence-corrected chi connectivity index (χ3v) is 6.77. The lowest BCUT2D eigenvalue weighted by Gasteiger charge is -2.37. The van der Waals surface area contributed by atoms with Gasteiger partial charge in [-0.15, -0.1) is 0 Å². The lowest BCUT2D eigenvalue weighted by Crippen LogP contribution is -2.50. The number of amides is 3. The summed E-state index contributed by atoms with van der Waals surface area (Å²) >= 11 is 0. The normalized spacial score (nSPS) is 17.8. The molecule has 4 rings (SSSR count). The van der Waals surface area contributed by atoms with Gasteiger partial charge in [-0.1, -0.05) is 18.2 Å². The van der Waals surface area contributed by atoms with Crippen LogP contribution >= 0.6 is 0 Å². The summed E-state index contributed by atoms with van der Waals surface area (Å²) in [5.41, 5.74) is 0.0350. The van der Waals surface area contributed by atoms with E-state index in [9.17, 15) is 27.6 Å². The molecule has 0 aliphatic carbocycles. The molecule has 0 saturated carbocycles. The Bertz CT molecular complexity index is 1040. The molecule has 2 aromatic carbocycles. The van der Waals surface area contributed by atoms with Crippen LogP contribution in [-0.4, -0.2) is 59.7 Å². The molecule has 35 heavy (non-hydrogen) atoms. The highest BCUT2D eigenvalue weighted by Gasteiger charge is 2.33. The minimum atomic E-state index is -4.44. The second-order valence-electron chi connectivity index (χ2n) is 9.08. The Kier molecular flexibility index (Phi) is 7.42. The van der Waals surface area contributed by atoms with E-state index in [0.29, 0.717) is 57.4 Å². The van der Waals surface area contributed by atoms with Gasteiger partial charge in [0.2, 0.25) is 5.91 Å². The molecule has 2 fully saturated rings. The molecular formula is C26H28F3N3O3. The van der Waals surface area contributed by atoms with E-state index in [1.54, 1.807) is 17.0 Å². The van der Waals surface area contributed by atoms with E-state index >= 15 is 0 Å². The van der Waals surface area contributed by atoms with E-state index in [1.165, 1.54) is 12.1 Å². The number of hydrogen-bond donors (Lipinski definition) is 1. The van der Waals surface area contributed by atoms with Crippen molar-refractivity contribution in [2.75, 3.05) is 26.2 Å². The number of carbonyl (C=O) groups is 3. The van der Waals surface area contributed by atoms with E-state index in [4.69, 9.17) is 0 Å². The van der Waals surface area contributed by atoms with Crippen molar-refractivity contribution in [3.63, 3.8) is 0 Å². The lowest BCUT2D eigenvalue weighted by atomic mass is 9.93. The number of rotatable bonds is 4. The van der Waals surface area contributed by atoms with Crippen molar-refractivity contribution < 1.29 is 27.6 Å². The van der Waals surface area contributed by atoms with Crippen molar-refractivity contribution >= 4 is 17.7 Å². The van der Waals surface area contributed by atoms with Gasteiger partial charge in [-0.05, 0) is 62.1 Å². The molecule has 0 aromatic heterocycles. The summed E-state index contributed by atoms with van der Waals surface area (Å²) in [4.78, 5) is 41.5. The van der Waals surface area contributed by atoms with E-state index in [1.807, 2.05) is 23.1 Å². The summed E-state index contributed by atoms with van der Waals surface area (Å²) in [7, 11) is 0. The highest BCUT2D eigenvalue weighted by atomic mass is 19.4. The second-order valence-corrected chi connectivity index (χ2v) is 9.08. The maximum absolute atomic E-state index is 13.0. The fraction of sp³-hybridized carbons (Fsp3) is 0.423. The van der Waals surface area contributed by atoms with Gasteiger partial charge in [0, 0.05) is 49.3 Å². The number of halogens is 3. The Morgan fingerprint density at radius 3 is 1.89 bits per heavy atom. The van der Waals surface area contributed by atoms with Gasteiger partial charge in [0.1, 0.15) is 0 Å². The highest BCUT2D eigenvalue weighted by molar-refractivity contribution is 5.95. The molecule has 9 heteroatoms. The van der Waals surface area contributed by atoms with E-state index in [2.05, 4.69) is 5.32 Å². The number of carbonyl (C=O) groups excluding carboxylic acids is 3. The van der Waals surface area contributed by atoms with Gasteiger partial charge < -0.3 is 15.1 Å². The van der Waals surface area contributed by atoms with Crippen LogP contribution in [-0.2, 0) is 11.0 Å². The average molecular weight is 488 g/mol. The van der Waals surface area contributed by atoms with E-state index < -0.39 is 11.7 Å². The fourth-order valence-electron chi connectivity index (χ4n) is 4.67. The number of benzene rings is 2. The van der Waals surface area contributed by atoms with Crippen LogP contribution in [0.15, 0.2) is 54.6 Å². The number of hydrogen-bond acceptors (Lipinski definition) is 3. The van der Waals surface area contributed by atoms with Crippen LogP contribution in [0.3, 0.4) is 0 Å². The third-order valence-electron chi connectivity index (χ3n) is 6.77. The Labute approximate surface area is 202 Å². The van der Waals surface area contributed by atoms with Gasteiger partial charge in [-0.25, -0.2) is 0 Å². The number of nitrogens with zero attached hydrogens (tertiary/aromatic N) is 2. The second kappa shape index (κ2) is 10.5. The highest BCUT2D eigenvalue weighted by Crippen LogP contribution is 2.29. The van der Waals surface area contributed by atoms with E-state index in [0.717, 1.165) is 12.1 Å². The molecule has 3 amide bonds. The van der Waals surface area contributed by atoms with Gasteiger partial charge in [0.15, 0.2) is 0 Å². The zero-order valence-corrected chi connectivity index (χ0v) is 19.3. The molecule has 2 heterocycles. The first-order valence-electron chi connectivity index (χ1n) is 11.8. The van der Waals surface area contributed by atoms with Crippen molar-refractivity contribution in [2.24, 2.45) is 5.92 Å². The van der Waals surface area contributed by atoms with Crippen molar-refractivity contribution in [1.82, 2.24) is 15.1 Å². The summed E-state index contributed by atoms with van der Waals surface area (Å²) in [5, 5.41) is 3.04. The largest absolute Gasteiger partial charge is 0.416 e. The maximum atomic E-state index is 13.0. The summed E-state index contributed by atoms with van der Waals surface area (Å²) in [6, 6.07) is 13.3. The summed E-state index contributed by atoms with van der Waals surface area (Å²) in [6.07, 6.45) is -2.01. The molecule has 0 radical (unpaired) electrons. The van der Waals surface area contributed by atoms with Crippen LogP contribution in [0.2, 0.25) is 0 Å². The third kappa shape index (κ3) is 6.01. The van der Waals surface area contributed by atoms with Crippen LogP contribution in [0.5, 0.6) is 0 Å². The van der Waals surface area contributed by atoms with Crippen molar-refractivity contribution in [3.05, 3.63) is 71.3 Å². The molecular weight excluding hydrogens is 459 g/mol. The van der Waals surface area contributed by atoms with Crippen LogP contribution in [0.1, 0.15) is 52.0 Å². The lowest BCUT2D eigenvalue weighted by molar-refractivity contribution is -0.138. The number of piperidine rings is 2. The monoisotopic (exact) mass is 487 g/mol. The van der Waals surface area contributed by atoms with Crippen molar-refractivity contribution in [3.8, 4) is 0 Å². The van der Waals surface area contributed by atoms with Crippen LogP contribution in [0.25, 0.3) is 0 Å². The van der Waals surface area contributed by atoms with Crippen LogP contribution < -0.4 is 5.32 Å². The number of likely N-dealkylation sites (tertiary alicyclic amines) is 2. The molecule has 0 spiro atoms. The maximum Gasteiger partial charge on any atom is 0.416 e.